The number of carbonyl (C=O) groups excluding carboxylic acids is 2. The molecule has 0 spiro atoms. The molecule has 0 N–H and O–H groups in total. The minimum Gasteiger partial charge on any atom is -0.491 e. The summed E-state index contributed by atoms with van der Waals surface area (Å²) in [4.78, 5) is 25.2. The van der Waals surface area contributed by atoms with E-state index in [1.807, 2.05) is 6.92 Å². The molecule has 0 saturated heterocycles. The van der Waals surface area contributed by atoms with Crippen LogP contribution in [-0.4, -0.2) is 24.6 Å². The summed E-state index contributed by atoms with van der Waals surface area (Å²) in [5.74, 6) is 2.90. The van der Waals surface area contributed by atoms with Gasteiger partial charge in [0.15, 0.2) is 23.1 Å². The average molecular weight is 731 g/mol. The Bertz CT molecular complexity index is 1570. The first-order chi connectivity index (χ1) is 25.8. The molecule has 0 saturated carbocycles. The highest BCUT2D eigenvalue weighted by atomic mass is 19.1. The molecule has 0 aromatic heterocycles. The van der Waals surface area contributed by atoms with Gasteiger partial charge in [0.2, 0.25) is 0 Å². The second kappa shape index (κ2) is 25.7. The first-order valence-electron chi connectivity index (χ1n) is 20.1. The van der Waals surface area contributed by atoms with Crippen LogP contribution in [0.3, 0.4) is 0 Å². The summed E-state index contributed by atoms with van der Waals surface area (Å²) >= 11 is 0. The van der Waals surface area contributed by atoms with Crippen LogP contribution in [0.25, 0.3) is 0 Å². The Balaban J connectivity index is 1.36. The van der Waals surface area contributed by atoms with Crippen molar-refractivity contribution in [1.82, 2.24) is 0 Å². The third-order valence-electron chi connectivity index (χ3n) is 9.30. The third kappa shape index (κ3) is 17.5. The van der Waals surface area contributed by atoms with E-state index in [1.54, 1.807) is 24.3 Å². The second-order valence-corrected chi connectivity index (χ2v) is 14.0. The van der Waals surface area contributed by atoms with E-state index in [0.29, 0.717) is 23.3 Å². The van der Waals surface area contributed by atoms with Crippen LogP contribution in [0.5, 0.6) is 11.5 Å². The smallest absolute Gasteiger partial charge is 0.343 e. The maximum atomic E-state index is 14.8. The van der Waals surface area contributed by atoms with E-state index in [4.69, 9.17) is 14.2 Å². The zero-order valence-electron chi connectivity index (χ0n) is 32.3. The van der Waals surface area contributed by atoms with Crippen molar-refractivity contribution in [3.63, 3.8) is 0 Å². The molecule has 0 fully saturated rings. The van der Waals surface area contributed by atoms with E-state index in [9.17, 15) is 18.4 Å². The summed E-state index contributed by atoms with van der Waals surface area (Å²) in [6, 6.07) is 14.6. The number of hydrogen-bond acceptors (Lipinski definition) is 5. The predicted octanol–water partition coefficient (Wildman–Crippen LogP) is 13.0. The molecule has 288 valence electrons. The number of carbonyl (C=O) groups is 2. The summed E-state index contributed by atoms with van der Waals surface area (Å²) in [5.41, 5.74) is 1.40. The van der Waals surface area contributed by atoms with Crippen molar-refractivity contribution in [2.24, 2.45) is 0 Å². The van der Waals surface area contributed by atoms with Gasteiger partial charge in [0.1, 0.15) is 0 Å². The molecule has 0 heterocycles. The fourth-order valence-corrected chi connectivity index (χ4v) is 6.05. The van der Waals surface area contributed by atoms with Gasteiger partial charge in [-0.05, 0) is 86.8 Å². The average Bonchev–Trinajstić information content (AvgIpc) is 3.15. The zero-order chi connectivity index (χ0) is 38.1. The predicted molar refractivity (Wildman–Crippen MR) is 210 cm³/mol. The molecule has 7 heteroatoms. The summed E-state index contributed by atoms with van der Waals surface area (Å²) in [5, 5.41) is 0. The first kappa shape index (κ1) is 43.2. The van der Waals surface area contributed by atoms with E-state index >= 15 is 0 Å². The van der Waals surface area contributed by atoms with E-state index in [0.717, 1.165) is 57.1 Å². The van der Waals surface area contributed by atoms with Gasteiger partial charge in [-0.2, -0.15) is 0 Å². The number of unbranched alkanes of at least 4 members (excludes halogenated alkanes) is 16. The van der Waals surface area contributed by atoms with Crippen molar-refractivity contribution < 1.29 is 32.6 Å². The minimum absolute atomic E-state index is 0.0524. The lowest BCUT2D eigenvalue weighted by Gasteiger charge is -2.13. The topological polar surface area (TPSA) is 61.8 Å². The van der Waals surface area contributed by atoms with Gasteiger partial charge in [0, 0.05) is 11.1 Å². The van der Waals surface area contributed by atoms with Gasteiger partial charge < -0.3 is 14.2 Å². The SMILES string of the molecule is CCCCCCCCCCCCCCCCOc1ccc(C(=O)Oc2ccc(C#Cc3ccc(C(=O)O[C@H](C)CCCCCC)cc3)cc2F)cc1F. The maximum Gasteiger partial charge on any atom is 0.343 e. The van der Waals surface area contributed by atoms with Gasteiger partial charge in [-0.1, -0.05) is 128 Å². The molecule has 0 radical (unpaired) electrons. The lowest BCUT2D eigenvalue weighted by Crippen LogP contribution is -2.15. The molecule has 3 aromatic rings. The fraction of sp³-hybridized carbons (Fsp3) is 0.522. The summed E-state index contributed by atoms with van der Waals surface area (Å²) in [6.45, 7) is 6.72. The van der Waals surface area contributed by atoms with Crippen molar-refractivity contribution in [2.75, 3.05) is 6.61 Å². The van der Waals surface area contributed by atoms with Gasteiger partial charge in [0.05, 0.1) is 23.8 Å². The number of hydrogen-bond donors (Lipinski definition) is 0. The number of ether oxygens (including phenoxy) is 3. The molecule has 0 bridgehead atoms. The van der Waals surface area contributed by atoms with Crippen molar-refractivity contribution >= 4 is 11.9 Å². The van der Waals surface area contributed by atoms with Crippen LogP contribution in [0.4, 0.5) is 8.78 Å². The quantitative estimate of drug-likeness (QED) is 0.0376. The van der Waals surface area contributed by atoms with Crippen LogP contribution in [0.2, 0.25) is 0 Å². The summed E-state index contributed by atoms with van der Waals surface area (Å²) in [6.07, 6.45) is 22.8. The van der Waals surface area contributed by atoms with Crippen molar-refractivity contribution in [1.29, 1.82) is 0 Å². The van der Waals surface area contributed by atoms with Crippen LogP contribution in [0.15, 0.2) is 60.7 Å². The largest absolute Gasteiger partial charge is 0.491 e. The molecule has 3 aromatic carbocycles. The Morgan fingerprint density at radius 2 is 1.06 bits per heavy atom. The Hall–Kier alpha value is -4.18. The molecule has 1 atom stereocenters. The van der Waals surface area contributed by atoms with E-state index < -0.39 is 17.6 Å². The molecular formula is C46H60F2O5. The normalized spacial score (nSPS) is 11.4. The Morgan fingerprint density at radius 1 is 0.566 bits per heavy atom. The molecule has 0 aliphatic heterocycles. The van der Waals surface area contributed by atoms with E-state index in [1.165, 1.54) is 101 Å². The molecule has 53 heavy (non-hydrogen) atoms. The number of halogens is 2. The molecule has 5 nitrogen and oxygen atoms in total. The van der Waals surface area contributed by atoms with Gasteiger partial charge >= 0.3 is 11.9 Å². The maximum absolute atomic E-state index is 14.8. The highest BCUT2D eigenvalue weighted by molar-refractivity contribution is 5.91. The minimum atomic E-state index is -0.885. The van der Waals surface area contributed by atoms with Crippen molar-refractivity contribution in [3.8, 4) is 23.3 Å². The van der Waals surface area contributed by atoms with Crippen molar-refractivity contribution in [2.45, 2.75) is 149 Å². The van der Waals surface area contributed by atoms with Gasteiger partial charge in [0.25, 0.3) is 0 Å². The fourth-order valence-electron chi connectivity index (χ4n) is 6.05. The molecular weight excluding hydrogens is 670 g/mol. The van der Waals surface area contributed by atoms with Crippen LogP contribution >= 0.6 is 0 Å². The lowest BCUT2D eigenvalue weighted by molar-refractivity contribution is 0.0319. The monoisotopic (exact) mass is 730 g/mol. The number of rotatable bonds is 25. The van der Waals surface area contributed by atoms with Crippen LogP contribution in [0.1, 0.15) is 175 Å². The van der Waals surface area contributed by atoms with Crippen LogP contribution in [0, 0.1) is 23.5 Å². The van der Waals surface area contributed by atoms with E-state index in [2.05, 4.69) is 25.7 Å². The Labute approximate surface area is 317 Å². The lowest BCUT2D eigenvalue weighted by atomic mass is 10.0. The standard InChI is InChI=1S/C46H60F2O5/c1-4-6-8-10-11-12-13-14-15-16-17-18-19-21-33-51-43-32-30-40(35-42(43)48)46(50)53-44-31-27-38(34-41(44)47)24-23-37-25-28-39(29-26-37)45(49)52-36(3)22-20-9-7-5-2/h25-32,34-36H,4-22,33H2,1-3H3/t36-/m1/s1. The number of benzene rings is 3. The summed E-state index contributed by atoms with van der Waals surface area (Å²) < 4.78 is 45.9. The highest BCUT2D eigenvalue weighted by Gasteiger charge is 2.16. The first-order valence-corrected chi connectivity index (χ1v) is 20.1. The van der Waals surface area contributed by atoms with Crippen molar-refractivity contribution in [3.05, 3.63) is 94.6 Å². The molecule has 0 aliphatic carbocycles. The molecule has 0 unspecified atom stereocenters. The number of esters is 2. The molecule has 0 amide bonds. The van der Waals surface area contributed by atoms with Gasteiger partial charge in [-0.15, -0.1) is 0 Å². The van der Waals surface area contributed by atoms with Crippen LogP contribution in [-0.2, 0) is 4.74 Å². The van der Waals surface area contributed by atoms with E-state index in [-0.39, 0.29) is 29.1 Å². The summed E-state index contributed by atoms with van der Waals surface area (Å²) in [7, 11) is 0. The second-order valence-electron chi connectivity index (χ2n) is 14.0. The van der Waals surface area contributed by atoms with Gasteiger partial charge in [-0.25, -0.2) is 18.4 Å². The molecule has 0 aliphatic rings. The highest BCUT2D eigenvalue weighted by Crippen LogP contribution is 2.23. The van der Waals surface area contributed by atoms with Gasteiger partial charge in [-0.3, -0.25) is 0 Å². The third-order valence-corrected chi connectivity index (χ3v) is 9.30. The Morgan fingerprint density at radius 3 is 1.64 bits per heavy atom. The molecule has 3 rings (SSSR count). The zero-order valence-corrected chi connectivity index (χ0v) is 32.3. The Kier molecular flexibility index (Phi) is 21.0. The van der Waals surface area contributed by atoms with Crippen LogP contribution < -0.4 is 9.47 Å².